The number of amides is 1. The molecular weight excluding hydrogens is 464 g/mol. The fraction of sp³-hybridized carbons (Fsp3) is 0.179. The summed E-state index contributed by atoms with van der Waals surface area (Å²) < 4.78 is 5.88. The van der Waals surface area contributed by atoms with E-state index in [0.717, 1.165) is 27.6 Å². The number of pyridine rings is 1. The molecule has 176 valence electrons. The van der Waals surface area contributed by atoms with Crippen LogP contribution in [0.2, 0.25) is 5.02 Å². The Labute approximate surface area is 207 Å². The van der Waals surface area contributed by atoms with E-state index in [4.69, 9.17) is 21.4 Å². The summed E-state index contributed by atoms with van der Waals surface area (Å²) in [5, 5.41) is 10.4. The number of halogens is 1. The van der Waals surface area contributed by atoms with Crippen LogP contribution in [0.15, 0.2) is 79.0 Å². The first-order valence-electron chi connectivity index (χ1n) is 11.4. The minimum atomic E-state index is -0.913. The van der Waals surface area contributed by atoms with Crippen LogP contribution in [0, 0.1) is 0 Å². The van der Waals surface area contributed by atoms with Crippen LogP contribution in [0.4, 0.5) is 10.5 Å². The Kier molecular flexibility index (Phi) is 6.38. The van der Waals surface area contributed by atoms with Crippen molar-refractivity contribution in [1.29, 1.82) is 0 Å². The lowest BCUT2D eigenvalue weighted by Crippen LogP contribution is -2.34. The molecule has 0 spiro atoms. The van der Waals surface area contributed by atoms with Crippen LogP contribution in [-0.4, -0.2) is 35.3 Å². The smallest absolute Gasteiger partial charge is 0.414 e. The number of carboxylic acid groups (broad SMARTS) is 1. The maximum absolute atomic E-state index is 13.4. The summed E-state index contributed by atoms with van der Waals surface area (Å²) in [5.41, 5.74) is 5.81. The van der Waals surface area contributed by atoms with Crippen LogP contribution in [-0.2, 0) is 9.53 Å². The zero-order valence-electron chi connectivity index (χ0n) is 18.9. The van der Waals surface area contributed by atoms with Gasteiger partial charge in [0.05, 0.1) is 11.2 Å². The van der Waals surface area contributed by atoms with Gasteiger partial charge in [-0.3, -0.25) is 14.7 Å². The Hall–Kier alpha value is -3.90. The fourth-order valence-corrected chi connectivity index (χ4v) is 4.88. The quantitative estimate of drug-likeness (QED) is 0.322. The Morgan fingerprint density at radius 2 is 1.66 bits per heavy atom. The van der Waals surface area contributed by atoms with Gasteiger partial charge < -0.3 is 9.84 Å². The summed E-state index contributed by atoms with van der Waals surface area (Å²) in [4.78, 5) is 30.4. The van der Waals surface area contributed by atoms with Gasteiger partial charge in [0.1, 0.15) is 6.61 Å². The van der Waals surface area contributed by atoms with E-state index < -0.39 is 12.1 Å². The van der Waals surface area contributed by atoms with Crippen LogP contribution in [0.5, 0.6) is 0 Å². The highest BCUT2D eigenvalue weighted by atomic mass is 35.5. The third-order valence-corrected chi connectivity index (χ3v) is 6.54. The number of carboxylic acids is 1. The minimum absolute atomic E-state index is 0.0536. The van der Waals surface area contributed by atoms with Crippen molar-refractivity contribution in [2.45, 2.75) is 18.8 Å². The maximum Gasteiger partial charge on any atom is 0.414 e. The Bertz CT molecular complexity index is 1380. The normalized spacial score (nSPS) is 12.3. The molecule has 0 saturated heterocycles. The molecule has 1 aromatic heterocycles. The first kappa shape index (κ1) is 22.9. The number of fused-ring (bicyclic) bond motifs is 4. The lowest BCUT2D eigenvalue weighted by molar-refractivity contribution is -0.137. The number of benzene rings is 3. The van der Waals surface area contributed by atoms with Crippen molar-refractivity contribution in [3.8, 4) is 11.1 Å². The molecule has 3 aromatic carbocycles. The molecule has 0 atom stereocenters. The molecule has 6 nitrogen and oxygen atoms in total. The second-order valence-corrected chi connectivity index (χ2v) is 8.88. The molecule has 1 heterocycles. The maximum atomic E-state index is 13.4. The molecular formula is C28H23ClN2O4. The number of carbonyl (C=O) groups is 2. The SMILES string of the molecule is O=C(O)CCCN(C(=O)OCC1c2ccccc2-c2ccccc21)c1ccnc2cc(Cl)ccc12. The van der Waals surface area contributed by atoms with Gasteiger partial charge in [0, 0.05) is 35.5 Å². The molecule has 0 radical (unpaired) electrons. The second-order valence-electron chi connectivity index (χ2n) is 8.44. The van der Waals surface area contributed by atoms with E-state index in [1.807, 2.05) is 24.3 Å². The van der Waals surface area contributed by atoms with Crippen molar-refractivity contribution in [2.75, 3.05) is 18.1 Å². The topological polar surface area (TPSA) is 79.7 Å². The van der Waals surface area contributed by atoms with E-state index in [0.29, 0.717) is 16.2 Å². The lowest BCUT2D eigenvalue weighted by Gasteiger charge is -2.24. The molecule has 0 aliphatic heterocycles. The number of anilines is 1. The summed E-state index contributed by atoms with van der Waals surface area (Å²) in [6.07, 6.45) is 1.31. The summed E-state index contributed by atoms with van der Waals surface area (Å²) in [6, 6.07) is 23.3. The molecule has 1 amide bonds. The summed E-state index contributed by atoms with van der Waals surface area (Å²) in [6.45, 7) is 0.377. The van der Waals surface area contributed by atoms with Gasteiger partial charge in [0.2, 0.25) is 0 Å². The molecule has 4 aromatic rings. The highest BCUT2D eigenvalue weighted by molar-refractivity contribution is 6.31. The molecule has 1 aliphatic rings. The van der Waals surface area contributed by atoms with Gasteiger partial charge >= 0.3 is 12.1 Å². The van der Waals surface area contributed by atoms with Crippen LogP contribution in [0.1, 0.15) is 29.9 Å². The van der Waals surface area contributed by atoms with E-state index >= 15 is 0 Å². The first-order chi connectivity index (χ1) is 17.0. The number of hydrogen-bond donors (Lipinski definition) is 1. The zero-order chi connectivity index (χ0) is 24.4. The highest BCUT2D eigenvalue weighted by Crippen LogP contribution is 2.44. The molecule has 0 saturated carbocycles. The molecule has 0 fully saturated rings. The van der Waals surface area contributed by atoms with Crippen LogP contribution in [0.25, 0.3) is 22.0 Å². The van der Waals surface area contributed by atoms with Crippen molar-refractivity contribution in [1.82, 2.24) is 4.98 Å². The first-order valence-corrected chi connectivity index (χ1v) is 11.8. The van der Waals surface area contributed by atoms with Gasteiger partial charge in [0.15, 0.2) is 0 Å². The molecule has 1 aliphatic carbocycles. The second kappa shape index (κ2) is 9.76. The molecule has 0 unspecified atom stereocenters. The Morgan fingerprint density at radius 1 is 0.971 bits per heavy atom. The van der Waals surface area contributed by atoms with Crippen molar-refractivity contribution in [3.63, 3.8) is 0 Å². The highest BCUT2D eigenvalue weighted by Gasteiger charge is 2.30. The number of hydrogen-bond acceptors (Lipinski definition) is 4. The van der Waals surface area contributed by atoms with Gasteiger partial charge in [-0.25, -0.2) is 4.79 Å². The molecule has 0 bridgehead atoms. The van der Waals surface area contributed by atoms with Crippen molar-refractivity contribution < 1.29 is 19.4 Å². The lowest BCUT2D eigenvalue weighted by atomic mass is 9.98. The fourth-order valence-electron chi connectivity index (χ4n) is 4.71. The summed E-state index contributed by atoms with van der Waals surface area (Å²) in [7, 11) is 0. The Balaban J connectivity index is 1.43. The number of aromatic nitrogens is 1. The average molecular weight is 487 g/mol. The number of ether oxygens (including phenoxy) is 1. The molecule has 5 rings (SSSR count). The third kappa shape index (κ3) is 4.57. The summed E-state index contributed by atoms with van der Waals surface area (Å²) >= 11 is 6.13. The minimum Gasteiger partial charge on any atom is -0.481 e. The summed E-state index contributed by atoms with van der Waals surface area (Å²) in [5.74, 6) is -0.982. The van der Waals surface area contributed by atoms with Gasteiger partial charge in [-0.2, -0.15) is 0 Å². The predicted octanol–water partition coefficient (Wildman–Crippen LogP) is 6.51. The number of carbonyl (C=O) groups excluding carboxylic acids is 1. The van der Waals surface area contributed by atoms with Crippen molar-refractivity contribution >= 4 is 40.3 Å². The van der Waals surface area contributed by atoms with E-state index in [1.54, 1.807) is 30.5 Å². The number of aliphatic carboxylic acids is 1. The van der Waals surface area contributed by atoms with Crippen LogP contribution >= 0.6 is 11.6 Å². The van der Waals surface area contributed by atoms with E-state index in [2.05, 4.69) is 29.2 Å². The van der Waals surface area contributed by atoms with Gasteiger partial charge in [-0.05, 0) is 52.9 Å². The molecule has 35 heavy (non-hydrogen) atoms. The van der Waals surface area contributed by atoms with Gasteiger partial charge in [-0.1, -0.05) is 60.1 Å². The molecule has 1 N–H and O–H groups in total. The standard InChI is InChI=1S/C28H23ClN2O4/c29-18-11-12-23-25(16-18)30-14-13-26(23)31(15-5-10-27(32)33)28(34)35-17-24-21-8-3-1-6-19(21)20-7-2-4-9-22(20)24/h1-4,6-9,11-14,16,24H,5,10,15,17H2,(H,32,33). The third-order valence-electron chi connectivity index (χ3n) is 6.30. The van der Waals surface area contributed by atoms with Crippen molar-refractivity contribution in [2.24, 2.45) is 0 Å². The van der Waals surface area contributed by atoms with Crippen LogP contribution < -0.4 is 4.90 Å². The average Bonchev–Trinajstić information content (AvgIpc) is 3.18. The van der Waals surface area contributed by atoms with Crippen molar-refractivity contribution in [3.05, 3.63) is 95.1 Å². The predicted molar refractivity (Wildman–Crippen MR) is 136 cm³/mol. The monoisotopic (exact) mass is 486 g/mol. The van der Waals surface area contributed by atoms with E-state index in [-0.39, 0.29) is 31.9 Å². The Morgan fingerprint density at radius 3 is 2.34 bits per heavy atom. The van der Waals surface area contributed by atoms with Crippen LogP contribution in [0.3, 0.4) is 0 Å². The zero-order valence-corrected chi connectivity index (χ0v) is 19.6. The number of nitrogens with zero attached hydrogens (tertiary/aromatic N) is 2. The molecule has 7 heteroatoms. The number of rotatable bonds is 7. The van der Waals surface area contributed by atoms with Gasteiger partial charge in [0.25, 0.3) is 0 Å². The van der Waals surface area contributed by atoms with Gasteiger partial charge in [-0.15, -0.1) is 0 Å². The largest absolute Gasteiger partial charge is 0.481 e. The van der Waals surface area contributed by atoms with E-state index in [1.165, 1.54) is 4.90 Å². The van der Waals surface area contributed by atoms with E-state index in [9.17, 15) is 9.59 Å².